The summed E-state index contributed by atoms with van der Waals surface area (Å²) in [4.78, 5) is 10.1. The standard InChI is InChI=1S/C5H8FNO2/c6-3-1-2-5(3,7)4(8)9/h3H,1-2,7H2,(H,8,9)/t3-,5-/m1/s1. The van der Waals surface area contributed by atoms with Crippen molar-refractivity contribution in [2.45, 2.75) is 24.6 Å². The highest BCUT2D eigenvalue weighted by Gasteiger charge is 2.50. The maximum absolute atomic E-state index is 12.3. The number of nitrogens with two attached hydrogens (primary N) is 1. The first-order valence-electron chi connectivity index (χ1n) is 2.74. The third-order valence-electron chi connectivity index (χ3n) is 1.77. The van der Waals surface area contributed by atoms with Crippen LogP contribution in [0, 0.1) is 0 Å². The van der Waals surface area contributed by atoms with Gasteiger partial charge in [0, 0.05) is 0 Å². The molecule has 4 heteroatoms. The van der Waals surface area contributed by atoms with E-state index in [0.29, 0.717) is 0 Å². The number of alkyl halides is 1. The Morgan fingerprint density at radius 3 is 2.44 bits per heavy atom. The van der Waals surface area contributed by atoms with Gasteiger partial charge >= 0.3 is 5.97 Å². The van der Waals surface area contributed by atoms with Gasteiger partial charge in [-0.05, 0) is 12.8 Å². The van der Waals surface area contributed by atoms with Crippen LogP contribution in [-0.4, -0.2) is 22.8 Å². The van der Waals surface area contributed by atoms with E-state index in [1.807, 2.05) is 0 Å². The Morgan fingerprint density at radius 2 is 2.44 bits per heavy atom. The van der Waals surface area contributed by atoms with Crippen LogP contribution < -0.4 is 5.73 Å². The van der Waals surface area contributed by atoms with Crippen molar-refractivity contribution in [1.82, 2.24) is 0 Å². The smallest absolute Gasteiger partial charge is 0.326 e. The molecule has 0 saturated heterocycles. The third kappa shape index (κ3) is 0.702. The van der Waals surface area contributed by atoms with Crippen LogP contribution in [0.1, 0.15) is 12.8 Å². The second-order valence-electron chi connectivity index (χ2n) is 2.35. The largest absolute Gasteiger partial charge is 0.480 e. The Labute approximate surface area is 51.7 Å². The molecule has 3 N–H and O–H groups in total. The fourth-order valence-electron chi connectivity index (χ4n) is 0.805. The summed E-state index contributed by atoms with van der Waals surface area (Å²) >= 11 is 0. The predicted octanol–water partition coefficient (Wildman–Crippen LogP) is -0.0996. The Kier molecular flexibility index (Phi) is 1.20. The molecule has 52 valence electrons. The average Bonchev–Trinajstić information content (AvgIpc) is 1.82. The summed E-state index contributed by atoms with van der Waals surface area (Å²) in [5.74, 6) is -1.23. The average molecular weight is 133 g/mol. The van der Waals surface area contributed by atoms with Gasteiger partial charge < -0.3 is 10.8 Å². The summed E-state index contributed by atoms with van der Waals surface area (Å²) in [5, 5.41) is 8.30. The van der Waals surface area contributed by atoms with Crippen molar-refractivity contribution in [3.63, 3.8) is 0 Å². The molecule has 1 rings (SSSR count). The molecular weight excluding hydrogens is 125 g/mol. The first kappa shape index (κ1) is 6.48. The van der Waals surface area contributed by atoms with Crippen molar-refractivity contribution in [2.24, 2.45) is 5.73 Å². The van der Waals surface area contributed by atoms with Gasteiger partial charge in [-0.2, -0.15) is 0 Å². The molecule has 0 aliphatic heterocycles. The minimum absolute atomic E-state index is 0.253. The summed E-state index contributed by atoms with van der Waals surface area (Å²) in [6.45, 7) is 0. The molecule has 0 unspecified atom stereocenters. The van der Waals surface area contributed by atoms with Gasteiger partial charge in [-0.1, -0.05) is 0 Å². The van der Waals surface area contributed by atoms with Crippen molar-refractivity contribution in [3.05, 3.63) is 0 Å². The van der Waals surface area contributed by atoms with Crippen LogP contribution in [0.15, 0.2) is 0 Å². The van der Waals surface area contributed by atoms with Gasteiger partial charge in [0.25, 0.3) is 0 Å². The highest BCUT2D eigenvalue weighted by Crippen LogP contribution is 2.32. The van der Waals surface area contributed by atoms with E-state index in [2.05, 4.69) is 0 Å². The van der Waals surface area contributed by atoms with Gasteiger partial charge in [-0.3, -0.25) is 4.79 Å². The van der Waals surface area contributed by atoms with Crippen LogP contribution in [0.4, 0.5) is 4.39 Å². The fraction of sp³-hybridized carbons (Fsp3) is 0.800. The molecule has 1 saturated carbocycles. The lowest BCUT2D eigenvalue weighted by atomic mass is 9.76. The van der Waals surface area contributed by atoms with E-state index in [0.717, 1.165) is 0 Å². The zero-order valence-corrected chi connectivity index (χ0v) is 4.80. The van der Waals surface area contributed by atoms with Crippen LogP contribution in [0.5, 0.6) is 0 Å². The lowest BCUT2D eigenvalue weighted by molar-refractivity contribution is -0.151. The van der Waals surface area contributed by atoms with E-state index in [-0.39, 0.29) is 12.8 Å². The summed E-state index contributed by atoms with van der Waals surface area (Å²) in [6, 6.07) is 0. The number of hydrogen-bond acceptors (Lipinski definition) is 2. The summed E-state index contributed by atoms with van der Waals surface area (Å²) in [5.41, 5.74) is 3.55. The van der Waals surface area contributed by atoms with Gasteiger partial charge in [0.15, 0.2) is 0 Å². The molecule has 2 atom stereocenters. The summed E-state index contributed by atoms with van der Waals surface area (Å²) < 4.78 is 12.3. The van der Waals surface area contributed by atoms with Crippen molar-refractivity contribution in [1.29, 1.82) is 0 Å². The molecule has 0 radical (unpaired) electrons. The first-order valence-corrected chi connectivity index (χ1v) is 2.74. The van der Waals surface area contributed by atoms with Crippen molar-refractivity contribution < 1.29 is 14.3 Å². The monoisotopic (exact) mass is 133 g/mol. The molecule has 3 nitrogen and oxygen atoms in total. The molecular formula is C5H8FNO2. The third-order valence-corrected chi connectivity index (χ3v) is 1.77. The molecule has 0 spiro atoms. The summed E-state index contributed by atoms with van der Waals surface area (Å²) in [6.07, 6.45) is -0.818. The maximum atomic E-state index is 12.3. The van der Waals surface area contributed by atoms with Crippen LogP contribution in [0.3, 0.4) is 0 Å². The molecule has 9 heavy (non-hydrogen) atoms. The summed E-state index contributed by atoms with van der Waals surface area (Å²) in [7, 11) is 0. The van der Waals surface area contributed by atoms with Crippen molar-refractivity contribution in [2.75, 3.05) is 0 Å². The van der Waals surface area contributed by atoms with E-state index >= 15 is 0 Å². The van der Waals surface area contributed by atoms with E-state index in [9.17, 15) is 9.18 Å². The van der Waals surface area contributed by atoms with Gasteiger partial charge in [0.2, 0.25) is 0 Å². The Morgan fingerprint density at radius 1 is 1.89 bits per heavy atom. The minimum Gasteiger partial charge on any atom is -0.480 e. The second kappa shape index (κ2) is 1.67. The molecule has 0 bridgehead atoms. The van der Waals surface area contributed by atoms with Crippen LogP contribution in [-0.2, 0) is 4.79 Å². The van der Waals surface area contributed by atoms with E-state index < -0.39 is 17.7 Å². The zero-order valence-electron chi connectivity index (χ0n) is 4.80. The molecule has 0 aromatic heterocycles. The van der Waals surface area contributed by atoms with Gasteiger partial charge in [0.1, 0.15) is 11.7 Å². The normalized spacial score (nSPS) is 41.8. The minimum atomic E-state index is -1.57. The molecule has 0 amide bonds. The number of rotatable bonds is 1. The molecule has 1 aliphatic carbocycles. The van der Waals surface area contributed by atoms with Crippen molar-refractivity contribution in [3.8, 4) is 0 Å². The topological polar surface area (TPSA) is 63.3 Å². The highest BCUT2D eigenvalue weighted by molar-refractivity contribution is 5.80. The van der Waals surface area contributed by atoms with E-state index in [4.69, 9.17) is 10.8 Å². The predicted molar refractivity (Wildman–Crippen MR) is 28.7 cm³/mol. The fourth-order valence-corrected chi connectivity index (χ4v) is 0.805. The number of carboxylic acid groups (broad SMARTS) is 1. The van der Waals surface area contributed by atoms with Crippen LogP contribution >= 0.6 is 0 Å². The Balaban J connectivity index is 2.64. The Bertz CT molecular complexity index is 150. The highest BCUT2D eigenvalue weighted by atomic mass is 19.1. The van der Waals surface area contributed by atoms with Crippen LogP contribution in [0.2, 0.25) is 0 Å². The number of halogens is 1. The number of hydrogen-bond donors (Lipinski definition) is 2. The Hall–Kier alpha value is -0.640. The number of carbonyl (C=O) groups is 1. The number of aliphatic carboxylic acids is 1. The lowest BCUT2D eigenvalue weighted by Gasteiger charge is -2.37. The van der Waals surface area contributed by atoms with Gasteiger partial charge in [0.05, 0.1) is 0 Å². The molecule has 1 aliphatic rings. The van der Waals surface area contributed by atoms with Gasteiger partial charge in [-0.15, -0.1) is 0 Å². The first-order chi connectivity index (χ1) is 4.07. The van der Waals surface area contributed by atoms with E-state index in [1.165, 1.54) is 0 Å². The quantitative estimate of drug-likeness (QED) is 0.525. The van der Waals surface area contributed by atoms with Gasteiger partial charge in [-0.25, -0.2) is 4.39 Å². The van der Waals surface area contributed by atoms with E-state index in [1.54, 1.807) is 0 Å². The SMILES string of the molecule is N[C@]1(C(=O)O)CC[C@H]1F. The van der Waals surface area contributed by atoms with Crippen LogP contribution in [0.25, 0.3) is 0 Å². The molecule has 0 aromatic carbocycles. The molecule has 1 fully saturated rings. The van der Waals surface area contributed by atoms with Crippen molar-refractivity contribution >= 4 is 5.97 Å². The number of carboxylic acids is 1. The molecule has 0 heterocycles. The second-order valence-corrected chi connectivity index (χ2v) is 2.35. The lowest BCUT2D eigenvalue weighted by Crippen LogP contribution is -2.62. The molecule has 0 aromatic rings. The maximum Gasteiger partial charge on any atom is 0.326 e. The zero-order chi connectivity index (χ0) is 7.07.